The molecule has 0 saturated heterocycles. The summed E-state index contributed by atoms with van der Waals surface area (Å²) in [4.78, 5) is 1.18. The highest BCUT2D eigenvalue weighted by Gasteiger charge is 2.14. The van der Waals surface area contributed by atoms with Gasteiger partial charge >= 0.3 is 0 Å². The van der Waals surface area contributed by atoms with Gasteiger partial charge in [-0.05, 0) is 30.9 Å². The fourth-order valence-electron chi connectivity index (χ4n) is 1.31. The maximum Gasteiger partial charge on any atom is 0.213 e. The molecule has 0 aliphatic rings. The van der Waals surface area contributed by atoms with Gasteiger partial charge in [-0.2, -0.15) is 0 Å². The lowest BCUT2D eigenvalue weighted by molar-refractivity contribution is 0.468. The van der Waals surface area contributed by atoms with Crippen molar-refractivity contribution in [1.82, 2.24) is 4.31 Å². The van der Waals surface area contributed by atoms with E-state index in [1.54, 1.807) is 25.7 Å². The van der Waals surface area contributed by atoms with Gasteiger partial charge in [-0.3, -0.25) is 0 Å². The van der Waals surface area contributed by atoms with Crippen LogP contribution in [0.3, 0.4) is 0 Å². The van der Waals surface area contributed by atoms with E-state index < -0.39 is 10.0 Å². The molecule has 0 N–H and O–H groups in total. The van der Waals surface area contributed by atoms with Crippen molar-refractivity contribution in [2.24, 2.45) is 0 Å². The van der Waals surface area contributed by atoms with Crippen LogP contribution in [0.25, 0.3) is 0 Å². The number of benzene rings is 1. The summed E-state index contributed by atoms with van der Waals surface area (Å²) < 4.78 is 24.5. The van der Waals surface area contributed by atoms with Crippen LogP contribution in [-0.2, 0) is 16.6 Å². The first-order valence-electron chi connectivity index (χ1n) is 5.06. The van der Waals surface area contributed by atoms with Crippen molar-refractivity contribution in [3.8, 4) is 0 Å². The molecular formula is C11H17NO2S2. The van der Waals surface area contributed by atoms with Gasteiger partial charge in [-0.15, -0.1) is 11.8 Å². The molecule has 0 radical (unpaired) electrons. The van der Waals surface area contributed by atoms with Crippen LogP contribution >= 0.6 is 11.8 Å². The Labute approximate surface area is 102 Å². The summed E-state index contributed by atoms with van der Waals surface area (Å²) in [6.07, 6.45) is 2.02. The molecule has 0 bridgehead atoms. The monoisotopic (exact) mass is 259 g/mol. The number of hydrogen-bond donors (Lipinski definition) is 0. The largest absolute Gasteiger partial charge is 0.213 e. The van der Waals surface area contributed by atoms with Gasteiger partial charge in [0, 0.05) is 18.5 Å². The zero-order valence-corrected chi connectivity index (χ0v) is 11.4. The Morgan fingerprint density at radius 2 is 1.81 bits per heavy atom. The van der Waals surface area contributed by atoms with E-state index in [2.05, 4.69) is 0 Å². The Morgan fingerprint density at radius 1 is 1.25 bits per heavy atom. The molecule has 0 fully saturated rings. The summed E-state index contributed by atoms with van der Waals surface area (Å²) in [6.45, 7) is 2.09. The fraction of sp³-hybridized carbons (Fsp3) is 0.455. The minimum absolute atomic E-state index is 0.145. The van der Waals surface area contributed by atoms with Crippen molar-refractivity contribution < 1.29 is 8.42 Å². The summed E-state index contributed by atoms with van der Waals surface area (Å²) in [5, 5.41) is 0. The Hall–Kier alpha value is -0.520. The first-order valence-corrected chi connectivity index (χ1v) is 7.90. The normalized spacial score (nSPS) is 12.0. The van der Waals surface area contributed by atoms with Crippen molar-refractivity contribution in [1.29, 1.82) is 0 Å². The molecule has 0 spiro atoms. The number of rotatable bonds is 5. The molecule has 0 aromatic heterocycles. The van der Waals surface area contributed by atoms with Crippen LogP contribution in [0.1, 0.15) is 12.5 Å². The summed E-state index contributed by atoms with van der Waals surface area (Å²) in [6, 6.07) is 7.94. The predicted octanol–water partition coefficient (Wildman–Crippen LogP) is 2.19. The van der Waals surface area contributed by atoms with Crippen LogP contribution in [0.2, 0.25) is 0 Å². The summed E-state index contributed by atoms with van der Waals surface area (Å²) in [5.41, 5.74) is 1.01. The first-order chi connectivity index (χ1) is 7.49. The Balaban J connectivity index is 2.74. The standard InChI is InChI=1S/C11H17NO2S2/c1-4-16(13,14)12(2)9-10-5-7-11(15-3)8-6-10/h5-8H,4,9H2,1-3H3. The molecule has 90 valence electrons. The molecule has 0 unspecified atom stereocenters. The van der Waals surface area contributed by atoms with E-state index >= 15 is 0 Å². The molecule has 16 heavy (non-hydrogen) atoms. The van der Waals surface area contributed by atoms with Crippen LogP contribution in [-0.4, -0.2) is 31.8 Å². The lowest BCUT2D eigenvalue weighted by Gasteiger charge is -2.15. The Bertz CT molecular complexity index is 426. The first kappa shape index (κ1) is 13.5. The quantitative estimate of drug-likeness (QED) is 0.761. The predicted molar refractivity (Wildman–Crippen MR) is 69.2 cm³/mol. The maximum absolute atomic E-state index is 11.5. The molecule has 5 heteroatoms. The fourth-order valence-corrected chi connectivity index (χ4v) is 2.50. The van der Waals surface area contributed by atoms with E-state index in [1.807, 2.05) is 30.5 Å². The Kier molecular flexibility index (Phi) is 4.83. The third kappa shape index (κ3) is 3.50. The molecule has 0 aliphatic carbocycles. The second-order valence-electron chi connectivity index (χ2n) is 3.50. The SMILES string of the molecule is CCS(=O)(=O)N(C)Cc1ccc(SC)cc1. The van der Waals surface area contributed by atoms with Crippen LogP contribution in [0.5, 0.6) is 0 Å². The van der Waals surface area contributed by atoms with Gasteiger partial charge in [-0.25, -0.2) is 12.7 Å². The molecular weight excluding hydrogens is 242 g/mol. The highest BCUT2D eigenvalue weighted by molar-refractivity contribution is 7.98. The molecule has 1 aromatic rings. The topological polar surface area (TPSA) is 37.4 Å². The molecule has 0 atom stereocenters. The second-order valence-corrected chi connectivity index (χ2v) is 6.75. The van der Waals surface area contributed by atoms with Crippen LogP contribution in [0, 0.1) is 0 Å². The zero-order chi connectivity index (χ0) is 12.2. The van der Waals surface area contributed by atoms with E-state index in [4.69, 9.17) is 0 Å². The molecule has 0 saturated carbocycles. The van der Waals surface area contributed by atoms with E-state index in [0.29, 0.717) is 6.54 Å². The second kappa shape index (κ2) is 5.70. The van der Waals surface area contributed by atoms with Gasteiger partial charge in [0.2, 0.25) is 10.0 Å². The van der Waals surface area contributed by atoms with E-state index in [0.717, 1.165) is 5.56 Å². The average molecular weight is 259 g/mol. The van der Waals surface area contributed by atoms with Gasteiger partial charge in [0.25, 0.3) is 0 Å². The maximum atomic E-state index is 11.5. The van der Waals surface area contributed by atoms with E-state index in [1.165, 1.54) is 9.20 Å². The van der Waals surface area contributed by atoms with Crippen LogP contribution in [0.4, 0.5) is 0 Å². The molecule has 3 nitrogen and oxygen atoms in total. The van der Waals surface area contributed by atoms with Crippen molar-refractivity contribution in [2.45, 2.75) is 18.4 Å². The average Bonchev–Trinajstić information content (AvgIpc) is 2.30. The van der Waals surface area contributed by atoms with Crippen LogP contribution in [0.15, 0.2) is 29.2 Å². The highest BCUT2D eigenvalue weighted by atomic mass is 32.2. The lowest BCUT2D eigenvalue weighted by Crippen LogP contribution is -2.27. The zero-order valence-electron chi connectivity index (χ0n) is 9.80. The van der Waals surface area contributed by atoms with Gasteiger partial charge in [-0.1, -0.05) is 12.1 Å². The van der Waals surface area contributed by atoms with Crippen molar-refractivity contribution >= 4 is 21.8 Å². The minimum atomic E-state index is -3.08. The van der Waals surface area contributed by atoms with E-state index in [9.17, 15) is 8.42 Å². The molecule has 1 rings (SSSR count). The number of thioether (sulfide) groups is 1. The smallest absolute Gasteiger partial charge is 0.212 e. The van der Waals surface area contributed by atoms with Gasteiger partial charge in [0.1, 0.15) is 0 Å². The van der Waals surface area contributed by atoms with Crippen LogP contribution < -0.4 is 0 Å². The van der Waals surface area contributed by atoms with Gasteiger partial charge in [0.05, 0.1) is 5.75 Å². The molecule has 0 aliphatic heterocycles. The third-order valence-electron chi connectivity index (χ3n) is 2.40. The highest BCUT2D eigenvalue weighted by Crippen LogP contribution is 2.16. The number of nitrogens with zero attached hydrogens (tertiary/aromatic N) is 1. The van der Waals surface area contributed by atoms with Gasteiger partial charge < -0.3 is 0 Å². The minimum Gasteiger partial charge on any atom is -0.212 e. The number of hydrogen-bond acceptors (Lipinski definition) is 3. The summed E-state index contributed by atoms with van der Waals surface area (Å²) >= 11 is 1.67. The summed E-state index contributed by atoms with van der Waals surface area (Å²) in [7, 11) is -1.47. The molecule has 1 aromatic carbocycles. The number of sulfonamides is 1. The molecule has 0 heterocycles. The lowest BCUT2D eigenvalue weighted by atomic mass is 10.2. The van der Waals surface area contributed by atoms with Crippen molar-refractivity contribution in [2.75, 3.05) is 19.1 Å². The van der Waals surface area contributed by atoms with Gasteiger partial charge in [0.15, 0.2) is 0 Å². The summed E-state index contributed by atoms with van der Waals surface area (Å²) in [5.74, 6) is 0.145. The van der Waals surface area contributed by atoms with Crippen molar-refractivity contribution in [3.05, 3.63) is 29.8 Å². The van der Waals surface area contributed by atoms with E-state index in [-0.39, 0.29) is 5.75 Å². The van der Waals surface area contributed by atoms with Crippen molar-refractivity contribution in [3.63, 3.8) is 0 Å². The molecule has 0 amide bonds. The Morgan fingerprint density at radius 3 is 2.25 bits per heavy atom. The third-order valence-corrected chi connectivity index (χ3v) is 4.96.